The van der Waals surface area contributed by atoms with Crippen LogP contribution >= 0.6 is 0 Å². The summed E-state index contributed by atoms with van der Waals surface area (Å²) in [6.45, 7) is 0.808. The van der Waals surface area contributed by atoms with E-state index in [2.05, 4.69) is 22.0 Å². The van der Waals surface area contributed by atoms with Crippen LogP contribution in [0.4, 0.5) is 11.6 Å². The van der Waals surface area contributed by atoms with Crippen molar-refractivity contribution in [3.05, 3.63) is 70.4 Å². The molecule has 0 N–H and O–H groups in total. The maximum Gasteiger partial charge on any atom is 0.372 e. The lowest BCUT2D eigenvalue weighted by atomic mass is 10.0. The number of nitro groups is 1. The van der Waals surface area contributed by atoms with Crippen molar-refractivity contribution in [3.63, 3.8) is 0 Å². The van der Waals surface area contributed by atoms with Gasteiger partial charge < -0.3 is 15.0 Å². The second-order valence-electron chi connectivity index (χ2n) is 6.12. The number of benzene rings is 1. The summed E-state index contributed by atoms with van der Waals surface area (Å²) in [5.41, 5.74) is 1.87. The molecule has 0 radical (unpaired) electrons. The average Bonchev–Trinajstić information content (AvgIpc) is 3.19. The lowest BCUT2D eigenvalue weighted by molar-refractivity contribution is -0.389. The molecule has 0 saturated carbocycles. The first-order valence-electron chi connectivity index (χ1n) is 8.16. The number of aromatic nitrogens is 2. The van der Waals surface area contributed by atoms with Crippen LogP contribution < -0.4 is 4.90 Å². The highest BCUT2D eigenvalue weighted by Crippen LogP contribution is 2.34. The zero-order chi connectivity index (χ0) is 16.5. The van der Waals surface area contributed by atoms with E-state index in [4.69, 9.17) is 0 Å². The third kappa shape index (κ3) is 2.50. The number of hydrogen-bond acceptors (Lipinski definition) is 4. The van der Waals surface area contributed by atoms with Gasteiger partial charge in [-0.1, -0.05) is 36.4 Å². The van der Waals surface area contributed by atoms with Crippen LogP contribution in [0, 0.1) is 10.1 Å². The first kappa shape index (κ1) is 14.7. The molecule has 3 heterocycles. The van der Waals surface area contributed by atoms with Crippen LogP contribution in [0.5, 0.6) is 0 Å². The molecule has 2 aromatic heterocycles. The van der Waals surface area contributed by atoms with Crippen LogP contribution in [0.25, 0.3) is 5.65 Å². The van der Waals surface area contributed by atoms with Crippen molar-refractivity contribution < 1.29 is 4.92 Å². The van der Waals surface area contributed by atoms with Crippen LogP contribution in [0.3, 0.4) is 0 Å². The summed E-state index contributed by atoms with van der Waals surface area (Å²) in [5.74, 6) is 0.551. The van der Waals surface area contributed by atoms with Crippen molar-refractivity contribution in [1.82, 2.24) is 9.38 Å². The van der Waals surface area contributed by atoms with Crippen LogP contribution in [0.15, 0.2) is 54.7 Å². The fraction of sp³-hybridized carbons (Fsp3) is 0.278. The molecule has 6 nitrogen and oxygen atoms in total. The normalized spacial score (nSPS) is 17.5. The smallest absolute Gasteiger partial charge is 0.358 e. The predicted molar refractivity (Wildman–Crippen MR) is 92.4 cm³/mol. The molecule has 1 aromatic carbocycles. The number of imidazole rings is 1. The fourth-order valence-corrected chi connectivity index (χ4v) is 3.55. The molecule has 3 aromatic rings. The minimum atomic E-state index is -0.326. The summed E-state index contributed by atoms with van der Waals surface area (Å²) >= 11 is 0. The SMILES string of the molecule is O=[N+]([O-])c1c(N2CCC[C@H]2Cc2ccccc2)nc2ccccn12. The Bertz CT molecular complexity index is 875. The summed E-state index contributed by atoms with van der Waals surface area (Å²) in [5, 5.41) is 11.6. The van der Waals surface area contributed by atoms with Gasteiger partial charge in [0.05, 0.1) is 6.20 Å². The molecule has 122 valence electrons. The first-order chi connectivity index (χ1) is 11.7. The van der Waals surface area contributed by atoms with Crippen LogP contribution in [-0.2, 0) is 6.42 Å². The molecule has 0 spiro atoms. The highest BCUT2D eigenvalue weighted by Gasteiger charge is 2.33. The summed E-state index contributed by atoms with van der Waals surface area (Å²) in [4.78, 5) is 18.0. The van der Waals surface area contributed by atoms with Gasteiger partial charge in [0.15, 0.2) is 0 Å². The number of nitrogens with zero attached hydrogens (tertiary/aromatic N) is 4. The molecule has 0 bridgehead atoms. The largest absolute Gasteiger partial charge is 0.372 e. The van der Waals surface area contributed by atoms with Gasteiger partial charge in [-0.05, 0) is 35.8 Å². The fourth-order valence-electron chi connectivity index (χ4n) is 3.55. The Labute approximate surface area is 139 Å². The molecule has 6 heteroatoms. The number of hydrogen-bond donors (Lipinski definition) is 0. The molecule has 0 amide bonds. The molecule has 24 heavy (non-hydrogen) atoms. The van der Waals surface area contributed by atoms with Crippen LogP contribution in [0.1, 0.15) is 18.4 Å². The molecular weight excluding hydrogens is 304 g/mol. The third-order valence-electron chi connectivity index (χ3n) is 4.62. The minimum Gasteiger partial charge on any atom is -0.358 e. The van der Waals surface area contributed by atoms with Crippen molar-refractivity contribution in [1.29, 1.82) is 0 Å². The Balaban J connectivity index is 1.73. The van der Waals surface area contributed by atoms with Gasteiger partial charge in [0.25, 0.3) is 0 Å². The predicted octanol–water partition coefficient (Wildman–Crippen LogP) is 3.45. The van der Waals surface area contributed by atoms with E-state index in [9.17, 15) is 10.1 Å². The first-order valence-corrected chi connectivity index (χ1v) is 8.16. The number of rotatable bonds is 4. The van der Waals surface area contributed by atoms with E-state index >= 15 is 0 Å². The molecule has 4 rings (SSSR count). The minimum absolute atomic E-state index is 0.0607. The molecule has 1 saturated heterocycles. The zero-order valence-electron chi connectivity index (χ0n) is 13.2. The van der Waals surface area contributed by atoms with Crippen molar-refractivity contribution in [2.75, 3.05) is 11.4 Å². The van der Waals surface area contributed by atoms with Gasteiger partial charge in [0.2, 0.25) is 11.5 Å². The molecule has 0 unspecified atom stereocenters. The van der Waals surface area contributed by atoms with Crippen molar-refractivity contribution in [2.24, 2.45) is 0 Å². The molecule has 1 fully saturated rings. The zero-order valence-corrected chi connectivity index (χ0v) is 13.2. The summed E-state index contributed by atoms with van der Waals surface area (Å²) < 4.78 is 1.56. The molecular formula is C18H18N4O2. The Morgan fingerprint density at radius 3 is 2.75 bits per heavy atom. The van der Waals surface area contributed by atoms with E-state index in [1.54, 1.807) is 22.7 Å². The Morgan fingerprint density at radius 1 is 1.17 bits per heavy atom. The van der Waals surface area contributed by atoms with E-state index in [0.29, 0.717) is 11.5 Å². The third-order valence-corrected chi connectivity index (χ3v) is 4.62. The molecule has 1 atom stereocenters. The summed E-state index contributed by atoms with van der Waals surface area (Å²) in [6.07, 6.45) is 4.64. The lowest BCUT2D eigenvalue weighted by Crippen LogP contribution is -2.31. The van der Waals surface area contributed by atoms with Crippen molar-refractivity contribution >= 4 is 17.3 Å². The highest BCUT2D eigenvalue weighted by atomic mass is 16.6. The van der Waals surface area contributed by atoms with Gasteiger partial charge in [-0.3, -0.25) is 0 Å². The molecule has 1 aliphatic rings. The van der Waals surface area contributed by atoms with E-state index in [1.165, 1.54) is 5.56 Å². The van der Waals surface area contributed by atoms with Gasteiger partial charge in [0, 0.05) is 18.7 Å². The second-order valence-corrected chi connectivity index (χ2v) is 6.12. The number of fused-ring (bicyclic) bond motifs is 1. The van der Waals surface area contributed by atoms with Gasteiger partial charge in [-0.2, -0.15) is 9.38 Å². The van der Waals surface area contributed by atoms with E-state index in [-0.39, 0.29) is 16.8 Å². The maximum atomic E-state index is 11.6. The van der Waals surface area contributed by atoms with E-state index in [1.807, 2.05) is 24.3 Å². The van der Waals surface area contributed by atoms with Crippen molar-refractivity contribution in [3.8, 4) is 0 Å². The highest BCUT2D eigenvalue weighted by molar-refractivity contribution is 5.64. The van der Waals surface area contributed by atoms with E-state index < -0.39 is 0 Å². The van der Waals surface area contributed by atoms with Gasteiger partial charge in [0.1, 0.15) is 0 Å². The Morgan fingerprint density at radius 2 is 1.96 bits per heavy atom. The van der Waals surface area contributed by atoms with Gasteiger partial charge in [-0.25, -0.2) is 0 Å². The van der Waals surface area contributed by atoms with Crippen LogP contribution in [-0.4, -0.2) is 26.9 Å². The van der Waals surface area contributed by atoms with Crippen LogP contribution in [0.2, 0.25) is 0 Å². The summed E-state index contributed by atoms with van der Waals surface area (Å²) in [6, 6.07) is 16.0. The van der Waals surface area contributed by atoms with Gasteiger partial charge >= 0.3 is 5.82 Å². The van der Waals surface area contributed by atoms with Gasteiger partial charge in [-0.15, -0.1) is 0 Å². The monoisotopic (exact) mass is 322 g/mol. The standard InChI is InChI=1S/C18H18N4O2/c23-22(24)18-17(19-16-10-4-5-11-21(16)18)20-12-6-9-15(20)13-14-7-2-1-3-8-14/h1-5,7-8,10-11,15H,6,9,12-13H2/t15-/m0/s1. The molecule has 0 aliphatic carbocycles. The van der Waals surface area contributed by atoms with Crippen molar-refractivity contribution in [2.45, 2.75) is 25.3 Å². The summed E-state index contributed by atoms with van der Waals surface area (Å²) in [7, 11) is 0. The quantitative estimate of drug-likeness (QED) is 0.545. The lowest BCUT2D eigenvalue weighted by Gasteiger charge is -2.24. The number of anilines is 1. The Kier molecular flexibility index (Phi) is 3.65. The maximum absolute atomic E-state index is 11.6. The number of pyridine rings is 1. The average molecular weight is 322 g/mol. The molecule has 1 aliphatic heterocycles. The second kappa shape index (κ2) is 5.96. The Hall–Kier alpha value is -2.89. The van der Waals surface area contributed by atoms with E-state index in [0.717, 1.165) is 25.8 Å². The topological polar surface area (TPSA) is 63.7 Å².